The highest BCUT2D eigenvalue weighted by atomic mass is 35.5. The van der Waals surface area contributed by atoms with Crippen LogP contribution in [-0.4, -0.2) is 18.4 Å². The van der Waals surface area contributed by atoms with Gasteiger partial charge in [0, 0.05) is 22.0 Å². The van der Waals surface area contributed by atoms with Gasteiger partial charge in [-0.3, -0.25) is 4.72 Å². The SMILES string of the molecule is Cc1[nH]cnc1-c1ccc(NS(=O)(=O)c2cccc(Cl)c2)cc1. The van der Waals surface area contributed by atoms with Crippen LogP contribution < -0.4 is 4.72 Å². The second-order valence-corrected chi connectivity index (χ2v) is 7.14. The molecular formula is C16H14ClN3O2S. The largest absolute Gasteiger partial charge is 0.348 e. The maximum atomic E-state index is 12.3. The summed E-state index contributed by atoms with van der Waals surface area (Å²) in [5.41, 5.74) is 3.18. The number of hydrogen-bond donors (Lipinski definition) is 2. The third kappa shape index (κ3) is 3.38. The molecule has 0 spiro atoms. The number of aromatic nitrogens is 2. The van der Waals surface area contributed by atoms with Gasteiger partial charge in [-0.25, -0.2) is 13.4 Å². The molecule has 3 aromatic rings. The topological polar surface area (TPSA) is 74.8 Å². The van der Waals surface area contributed by atoms with Gasteiger partial charge in [0.2, 0.25) is 0 Å². The van der Waals surface area contributed by atoms with Crippen LogP contribution >= 0.6 is 11.6 Å². The van der Waals surface area contributed by atoms with E-state index in [4.69, 9.17) is 11.6 Å². The second kappa shape index (κ2) is 6.06. The molecule has 0 bridgehead atoms. The van der Waals surface area contributed by atoms with Crippen LogP contribution in [0.2, 0.25) is 5.02 Å². The first-order chi connectivity index (χ1) is 11.0. The lowest BCUT2D eigenvalue weighted by Crippen LogP contribution is -2.12. The molecule has 2 aromatic carbocycles. The van der Waals surface area contributed by atoms with E-state index in [0.29, 0.717) is 10.7 Å². The summed E-state index contributed by atoms with van der Waals surface area (Å²) in [6.07, 6.45) is 1.63. The number of hydrogen-bond acceptors (Lipinski definition) is 3. The monoisotopic (exact) mass is 347 g/mol. The number of H-pyrrole nitrogens is 1. The third-order valence-corrected chi connectivity index (χ3v) is 4.96. The molecule has 0 fully saturated rings. The molecular weight excluding hydrogens is 334 g/mol. The van der Waals surface area contributed by atoms with E-state index in [-0.39, 0.29) is 4.90 Å². The standard InChI is InChI=1S/C16H14ClN3O2S/c1-11-16(19-10-18-11)12-5-7-14(8-6-12)20-23(21,22)15-4-2-3-13(17)9-15/h2-10,20H,1H3,(H,18,19). The third-order valence-electron chi connectivity index (χ3n) is 3.35. The number of imidazole rings is 1. The molecule has 0 unspecified atom stereocenters. The number of benzene rings is 2. The Morgan fingerprint density at radius 3 is 2.48 bits per heavy atom. The number of nitrogens with zero attached hydrogens (tertiary/aromatic N) is 1. The number of nitrogens with one attached hydrogen (secondary N) is 2. The molecule has 3 rings (SSSR count). The molecule has 23 heavy (non-hydrogen) atoms. The zero-order valence-corrected chi connectivity index (χ0v) is 13.8. The number of rotatable bonds is 4. The summed E-state index contributed by atoms with van der Waals surface area (Å²) in [6.45, 7) is 1.93. The lowest BCUT2D eigenvalue weighted by atomic mass is 10.1. The Labute approximate surface area is 139 Å². The van der Waals surface area contributed by atoms with Gasteiger partial charge in [0.1, 0.15) is 0 Å². The summed E-state index contributed by atoms with van der Waals surface area (Å²) in [7, 11) is -3.67. The van der Waals surface area contributed by atoms with Crippen molar-refractivity contribution in [3.63, 3.8) is 0 Å². The summed E-state index contributed by atoms with van der Waals surface area (Å²) >= 11 is 5.84. The Balaban J connectivity index is 1.85. The molecule has 0 aliphatic carbocycles. The predicted molar refractivity (Wildman–Crippen MR) is 91.0 cm³/mol. The quantitative estimate of drug-likeness (QED) is 0.753. The Hall–Kier alpha value is -2.31. The van der Waals surface area contributed by atoms with Crippen LogP contribution in [0.1, 0.15) is 5.69 Å². The van der Waals surface area contributed by atoms with Crippen molar-refractivity contribution in [1.82, 2.24) is 9.97 Å². The minimum absolute atomic E-state index is 0.122. The molecule has 0 saturated heterocycles. The van der Waals surface area contributed by atoms with Gasteiger partial charge < -0.3 is 4.98 Å². The zero-order valence-electron chi connectivity index (χ0n) is 12.2. The fourth-order valence-electron chi connectivity index (χ4n) is 2.19. The Morgan fingerprint density at radius 2 is 1.87 bits per heavy atom. The van der Waals surface area contributed by atoms with Crippen molar-refractivity contribution in [2.45, 2.75) is 11.8 Å². The Morgan fingerprint density at radius 1 is 1.13 bits per heavy atom. The average Bonchev–Trinajstić information content (AvgIpc) is 2.94. The summed E-state index contributed by atoms with van der Waals surface area (Å²) < 4.78 is 27.2. The van der Waals surface area contributed by atoms with Crippen molar-refractivity contribution in [3.05, 3.63) is 65.6 Å². The van der Waals surface area contributed by atoms with Gasteiger partial charge in [0.05, 0.1) is 16.9 Å². The molecule has 0 saturated carbocycles. The van der Waals surface area contributed by atoms with Gasteiger partial charge in [-0.1, -0.05) is 29.8 Å². The smallest absolute Gasteiger partial charge is 0.261 e. The number of sulfonamides is 1. The van der Waals surface area contributed by atoms with Crippen LogP contribution in [0.25, 0.3) is 11.3 Å². The lowest BCUT2D eigenvalue weighted by molar-refractivity contribution is 0.601. The molecule has 0 radical (unpaired) electrons. The first-order valence-electron chi connectivity index (χ1n) is 6.84. The summed E-state index contributed by atoms with van der Waals surface area (Å²) in [4.78, 5) is 7.37. The number of aryl methyl sites for hydroxylation is 1. The number of halogens is 1. The summed E-state index contributed by atoms with van der Waals surface area (Å²) in [6, 6.07) is 13.2. The second-order valence-electron chi connectivity index (χ2n) is 5.02. The van der Waals surface area contributed by atoms with Crippen molar-refractivity contribution in [2.75, 3.05) is 4.72 Å². The molecule has 0 aliphatic heterocycles. The van der Waals surface area contributed by atoms with Crippen LogP contribution in [0.4, 0.5) is 5.69 Å². The van der Waals surface area contributed by atoms with Crippen LogP contribution in [0.15, 0.2) is 59.8 Å². The maximum Gasteiger partial charge on any atom is 0.261 e. The van der Waals surface area contributed by atoms with E-state index < -0.39 is 10.0 Å². The van der Waals surface area contributed by atoms with E-state index in [1.165, 1.54) is 12.1 Å². The van der Waals surface area contributed by atoms with Crippen molar-refractivity contribution in [3.8, 4) is 11.3 Å². The minimum atomic E-state index is -3.67. The molecule has 7 heteroatoms. The minimum Gasteiger partial charge on any atom is -0.348 e. The summed E-state index contributed by atoms with van der Waals surface area (Å²) in [5.74, 6) is 0. The van der Waals surface area contributed by atoms with E-state index >= 15 is 0 Å². The van der Waals surface area contributed by atoms with Gasteiger partial charge in [0.25, 0.3) is 10.0 Å². The Kier molecular flexibility index (Phi) is 4.11. The van der Waals surface area contributed by atoms with Crippen LogP contribution in [0.3, 0.4) is 0 Å². The first kappa shape index (κ1) is 15.6. The number of anilines is 1. The molecule has 2 N–H and O–H groups in total. The normalized spacial score (nSPS) is 11.4. The van der Waals surface area contributed by atoms with Crippen LogP contribution in [-0.2, 0) is 10.0 Å². The van der Waals surface area contributed by atoms with Crippen LogP contribution in [0, 0.1) is 6.92 Å². The molecule has 0 aliphatic rings. The zero-order chi connectivity index (χ0) is 16.4. The molecule has 5 nitrogen and oxygen atoms in total. The van der Waals surface area contributed by atoms with Crippen molar-refractivity contribution in [1.29, 1.82) is 0 Å². The highest BCUT2D eigenvalue weighted by Crippen LogP contribution is 2.24. The van der Waals surface area contributed by atoms with Gasteiger partial charge in [-0.05, 0) is 37.3 Å². The van der Waals surface area contributed by atoms with Crippen LogP contribution in [0.5, 0.6) is 0 Å². The fourth-order valence-corrected chi connectivity index (χ4v) is 3.55. The molecule has 1 heterocycles. The van der Waals surface area contributed by atoms with Gasteiger partial charge >= 0.3 is 0 Å². The molecule has 0 amide bonds. The first-order valence-corrected chi connectivity index (χ1v) is 8.70. The highest BCUT2D eigenvalue weighted by molar-refractivity contribution is 7.92. The van der Waals surface area contributed by atoms with Gasteiger partial charge in [-0.2, -0.15) is 0 Å². The van der Waals surface area contributed by atoms with Crippen molar-refractivity contribution in [2.24, 2.45) is 0 Å². The predicted octanol–water partition coefficient (Wildman–Crippen LogP) is 3.84. The number of aromatic amines is 1. The molecule has 0 atom stereocenters. The Bertz CT molecular complexity index is 934. The maximum absolute atomic E-state index is 12.3. The van der Waals surface area contributed by atoms with Gasteiger partial charge in [-0.15, -0.1) is 0 Å². The molecule has 118 valence electrons. The highest BCUT2D eigenvalue weighted by Gasteiger charge is 2.14. The molecule has 1 aromatic heterocycles. The lowest BCUT2D eigenvalue weighted by Gasteiger charge is -2.09. The van der Waals surface area contributed by atoms with E-state index in [1.54, 1.807) is 30.6 Å². The average molecular weight is 348 g/mol. The van der Waals surface area contributed by atoms with E-state index in [2.05, 4.69) is 14.7 Å². The summed E-state index contributed by atoms with van der Waals surface area (Å²) in [5, 5.41) is 0.372. The van der Waals surface area contributed by atoms with E-state index in [1.807, 2.05) is 19.1 Å². The van der Waals surface area contributed by atoms with E-state index in [9.17, 15) is 8.42 Å². The van der Waals surface area contributed by atoms with Crippen molar-refractivity contribution >= 4 is 27.3 Å². The van der Waals surface area contributed by atoms with Gasteiger partial charge in [0.15, 0.2) is 0 Å². The fraction of sp³-hybridized carbons (Fsp3) is 0.0625. The van der Waals surface area contributed by atoms with Crippen molar-refractivity contribution < 1.29 is 8.42 Å². The van der Waals surface area contributed by atoms with E-state index in [0.717, 1.165) is 17.0 Å².